The number of methoxy groups -OCH3 is 1. The van der Waals surface area contributed by atoms with E-state index in [9.17, 15) is 4.79 Å². The minimum absolute atomic E-state index is 0.119. The molecule has 0 atom stereocenters. The maximum Gasteiger partial charge on any atom is 0.246 e. The molecule has 0 spiro atoms. The number of nitrogens with zero attached hydrogens (tertiary/aromatic N) is 4. The predicted molar refractivity (Wildman–Crippen MR) is 151 cm³/mol. The van der Waals surface area contributed by atoms with Crippen LogP contribution in [0.25, 0.3) is 22.0 Å². The van der Waals surface area contributed by atoms with Gasteiger partial charge in [-0.15, -0.1) is 0 Å². The van der Waals surface area contributed by atoms with Crippen LogP contribution in [0.4, 0.5) is 11.5 Å². The Bertz CT molecular complexity index is 1770. The summed E-state index contributed by atoms with van der Waals surface area (Å²) in [5.74, 6) is 3.16. The first-order valence-electron chi connectivity index (χ1n) is 12.4. The quantitative estimate of drug-likeness (QED) is 0.228. The fraction of sp³-hybridized carbons (Fsp3) is 0.172. The van der Waals surface area contributed by atoms with Crippen molar-refractivity contribution in [2.75, 3.05) is 25.5 Å². The zero-order valence-corrected chi connectivity index (χ0v) is 22.4. The van der Waals surface area contributed by atoms with E-state index in [-0.39, 0.29) is 12.0 Å². The fourth-order valence-electron chi connectivity index (χ4n) is 4.43. The molecule has 3 heterocycles. The summed E-state index contributed by atoms with van der Waals surface area (Å²) in [6, 6.07) is 14.4. The van der Waals surface area contributed by atoms with Crippen molar-refractivity contribution >= 4 is 51.0 Å². The number of hydrogen-bond acceptors (Lipinski definition) is 9. The van der Waals surface area contributed by atoms with E-state index in [1.807, 2.05) is 24.3 Å². The minimum Gasteiger partial charge on any atom is -0.493 e. The molecule has 0 bridgehead atoms. The van der Waals surface area contributed by atoms with E-state index in [0.29, 0.717) is 69.6 Å². The largest absolute Gasteiger partial charge is 0.493 e. The van der Waals surface area contributed by atoms with Crippen molar-refractivity contribution in [2.45, 2.75) is 13.0 Å². The lowest BCUT2D eigenvalue weighted by atomic mass is 10.1. The summed E-state index contributed by atoms with van der Waals surface area (Å²) in [6.45, 7) is 6.27. The molecular weight excluding hydrogens is 534 g/mol. The number of aryl methyl sites for hydroxylation is 1. The summed E-state index contributed by atoms with van der Waals surface area (Å²) in [5, 5.41) is 4.44. The Balaban J connectivity index is 1.22. The zero-order valence-electron chi connectivity index (χ0n) is 21.7. The van der Waals surface area contributed by atoms with Gasteiger partial charge in [-0.05, 0) is 42.5 Å². The van der Waals surface area contributed by atoms with Crippen LogP contribution in [0.2, 0.25) is 5.02 Å². The van der Waals surface area contributed by atoms with Crippen molar-refractivity contribution < 1.29 is 23.4 Å². The van der Waals surface area contributed by atoms with Gasteiger partial charge in [0.1, 0.15) is 35.3 Å². The van der Waals surface area contributed by atoms with Gasteiger partial charge in [-0.2, -0.15) is 0 Å². The molecule has 1 N–H and O–H groups in total. The maximum atomic E-state index is 11.8. The van der Waals surface area contributed by atoms with Gasteiger partial charge in [-0.25, -0.2) is 15.0 Å². The molecule has 1 aliphatic heterocycles. The lowest BCUT2D eigenvalue weighted by Crippen LogP contribution is -2.55. The van der Waals surface area contributed by atoms with E-state index in [1.54, 1.807) is 43.2 Å². The molecule has 0 saturated carbocycles. The number of likely N-dealkylation sites (tertiary alicyclic amines) is 1. The molecule has 1 fully saturated rings. The van der Waals surface area contributed by atoms with Crippen LogP contribution in [-0.4, -0.2) is 52.1 Å². The number of carbonyl (C=O) groups excluding carboxylic acids is 1. The molecular formula is C29H24ClN5O5. The molecule has 202 valence electrons. The highest BCUT2D eigenvalue weighted by atomic mass is 35.5. The molecule has 1 aliphatic rings. The van der Waals surface area contributed by atoms with Gasteiger partial charge in [0.05, 0.1) is 30.7 Å². The molecule has 11 heteroatoms. The van der Waals surface area contributed by atoms with Gasteiger partial charge in [0.2, 0.25) is 5.91 Å². The molecule has 0 aliphatic carbocycles. The predicted octanol–water partition coefficient (Wildman–Crippen LogP) is 6.05. The average molecular weight is 558 g/mol. The highest BCUT2D eigenvalue weighted by molar-refractivity contribution is 6.32. The number of anilines is 2. The highest BCUT2D eigenvalue weighted by Crippen LogP contribution is 2.38. The van der Waals surface area contributed by atoms with Gasteiger partial charge in [0.15, 0.2) is 23.0 Å². The van der Waals surface area contributed by atoms with Gasteiger partial charge in [0, 0.05) is 30.1 Å². The summed E-state index contributed by atoms with van der Waals surface area (Å²) in [5.41, 5.74) is 2.77. The Morgan fingerprint density at radius 2 is 1.95 bits per heavy atom. The molecule has 3 aromatic carbocycles. The number of carbonyl (C=O) groups is 1. The number of hydrogen-bond donors (Lipinski definition) is 1. The topological polar surface area (TPSA) is 112 Å². The summed E-state index contributed by atoms with van der Waals surface area (Å²) < 4.78 is 23.3. The second kappa shape index (κ2) is 10.4. The van der Waals surface area contributed by atoms with Crippen LogP contribution in [0, 0.1) is 6.92 Å². The molecule has 1 saturated heterocycles. The van der Waals surface area contributed by atoms with E-state index < -0.39 is 0 Å². The fourth-order valence-corrected chi connectivity index (χ4v) is 4.64. The smallest absolute Gasteiger partial charge is 0.246 e. The first-order chi connectivity index (χ1) is 19.4. The number of oxazole rings is 1. The second-order valence-electron chi connectivity index (χ2n) is 9.16. The number of nitrogens with one attached hydrogen (secondary N) is 1. The van der Waals surface area contributed by atoms with Crippen LogP contribution < -0.4 is 19.5 Å². The van der Waals surface area contributed by atoms with Crippen molar-refractivity contribution in [1.82, 2.24) is 19.9 Å². The standard InChI is InChI=1S/C29H24ClN5O5/c1-4-28(36)35-13-19(14-35)40-27-11-20-23(12-26(27)37-3)31-15-32-29(20)34-17-5-8-24(21(30)9-17)39-18-6-7-22-25(10-18)38-16(2)33-22/h4-12,15,19H,1,13-14H2,2-3H3,(H,31,32,34). The van der Waals surface area contributed by atoms with E-state index in [0.717, 1.165) is 10.9 Å². The van der Waals surface area contributed by atoms with Gasteiger partial charge < -0.3 is 28.8 Å². The molecule has 6 rings (SSSR count). The molecule has 2 aromatic heterocycles. The number of fused-ring (bicyclic) bond motifs is 2. The Morgan fingerprint density at radius 1 is 1.10 bits per heavy atom. The van der Waals surface area contributed by atoms with Gasteiger partial charge in [0.25, 0.3) is 0 Å². The Kier molecular flexibility index (Phi) is 6.61. The van der Waals surface area contributed by atoms with Crippen LogP contribution in [-0.2, 0) is 4.79 Å². The van der Waals surface area contributed by atoms with E-state index in [2.05, 4.69) is 26.8 Å². The van der Waals surface area contributed by atoms with Gasteiger partial charge >= 0.3 is 0 Å². The van der Waals surface area contributed by atoms with E-state index >= 15 is 0 Å². The van der Waals surface area contributed by atoms with Crippen molar-refractivity contribution in [3.63, 3.8) is 0 Å². The second-order valence-corrected chi connectivity index (χ2v) is 9.57. The summed E-state index contributed by atoms with van der Waals surface area (Å²) in [4.78, 5) is 26.6. The third kappa shape index (κ3) is 4.96. The third-order valence-electron chi connectivity index (χ3n) is 6.44. The molecule has 0 unspecified atom stereocenters. The third-order valence-corrected chi connectivity index (χ3v) is 6.73. The first kappa shape index (κ1) is 25.4. The van der Waals surface area contributed by atoms with Crippen molar-refractivity contribution in [2.24, 2.45) is 0 Å². The minimum atomic E-state index is -0.156. The van der Waals surface area contributed by atoms with Gasteiger partial charge in [-0.1, -0.05) is 18.2 Å². The monoisotopic (exact) mass is 557 g/mol. The lowest BCUT2D eigenvalue weighted by Gasteiger charge is -2.38. The lowest BCUT2D eigenvalue weighted by molar-refractivity contribution is -0.134. The van der Waals surface area contributed by atoms with Crippen molar-refractivity contribution in [1.29, 1.82) is 0 Å². The average Bonchev–Trinajstić information content (AvgIpc) is 3.30. The van der Waals surface area contributed by atoms with Crippen LogP contribution in [0.1, 0.15) is 5.89 Å². The summed E-state index contributed by atoms with van der Waals surface area (Å²) in [7, 11) is 1.57. The number of amides is 1. The van der Waals surface area contributed by atoms with Gasteiger partial charge in [-0.3, -0.25) is 4.79 Å². The number of rotatable bonds is 8. The maximum absolute atomic E-state index is 11.8. The molecule has 1 amide bonds. The van der Waals surface area contributed by atoms with Crippen LogP contribution in [0.5, 0.6) is 23.0 Å². The molecule has 40 heavy (non-hydrogen) atoms. The number of aromatic nitrogens is 3. The number of halogens is 1. The summed E-state index contributed by atoms with van der Waals surface area (Å²) in [6.07, 6.45) is 2.61. The van der Waals surface area contributed by atoms with Crippen molar-refractivity contribution in [3.8, 4) is 23.0 Å². The number of ether oxygens (including phenoxy) is 3. The normalized spacial score (nSPS) is 13.2. The SMILES string of the molecule is C=CC(=O)N1CC(Oc2cc3c(Nc4ccc(Oc5ccc6nc(C)oc6c5)c(Cl)c4)ncnc3cc2OC)C1. The molecule has 5 aromatic rings. The Hall–Kier alpha value is -4.83. The Morgan fingerprint density at radius 3 is 2.73 bits per heavy atom. The van der Waals surface area contributed by atoms with E-state index in [1.165, 1.54) is 12.4 Å². The first-order valence-corrected chi connectivity index (χ1v) is 12.8. The van der Waals surface area contributed by atoms with Crippen LogP contribution in [0.15, 0.2) is 71.9 Å². The Labute approximate surface area is 234 Å². The summed E-state index contributed by atoms with van der Waals surface area (Å²) >= 11 is 6.57. The van der Waals surface area contributed by atoms with E-state index in [4.69, 9.17) is 30.2 Å². The molecule has 0 radical (unpaired) electrons. The number of benzene rings is 3. The van der Waals surface area contributed by atoms with Crippen molar-refractivity contribution in [3.05, 3.63) is 78.4 Å². The zero-order chi connectivity index (χ0) is 27.8. The van der Waals surface area contributed by atoms with Crippen LogP contribution >= 0.6 is 11.6 Å². The highest BCUT2D eigenvalue weighted by Gasteiger charge is 2.31. The molecule has 10 nitrogen and oxygen atoms in total. The van der Waals surface area contributed by atoms with Crippen LogP contribution in [0.3, 0.4) is 0 Å².